The van der Waals surface area contributed by atoms with Gasteiger partial charge in [0.05, 0.1) is 4.99 Å². The Bertz CT molecular complexity index is 38.7. The van der Waals surface area contributed by atoms with E-state index in [1.165, 1.54) is 0 Å². The molecule has 0 atom stereocenters. The van der Waals surface area contributed by atoms with Crippen LogP contribution < -0.4 is 5.73 Å². The van der Waals surface area contributed by atoms with Crippen molar-refractivity contribution in [2.24, 2.45) is 5.73 Å². The Morgan fingerprint density at radius 1 is 1.57 bits per heavy atom. The summed E-state index contributed by atoms with van der Waals surface area (Å²) in [6, 6.07) is 0. The van der Waals surface area contributed by atoms with Crippen molar-refractivity contribution in [1.29, 1.82) is 0 Å². The second kappa shape index (κ2) is 15.6. The van der Waals surface area contributed by atoms with Crippen LogP contribution in [0.1, 0.15) is 6.92 Å². The van der Waals surface area contributed by atoms with E-state index in [-0.39, 0.29) is 58.8 Å². The molecule has 0 rings (SSSR count). The molecular weight excluding hydrogens is 282 g/mol. The molecular formula is C2H7InNS2Zn. The van der Waals surface area contributed by atoms with Gasteiger partial charge in [0.2, 0.25) is 0 Å². The first kappa shape index (κ1) is 23.3. The summed E-state index contributed by atoms with van der Waals surface area (Å²) in [4.78, 5) is 0.500. The second-order valence-electron chi connectivity index (χ2n) is 0.611. The first-order chi connectivity index (χ1) is 1.73. The van der Waals surface area contributed by atoms with E-state index in [1.54, 1.807) is 6.92 Å². The summed E-state index contributed by atoms with van der Waals surface area (Å²) in [5, 5.41) is 0. The zero-order valence-electron chi connectivity index (χ0n) is 4.27. The summed E-state index contributed by atoms with van der Waals surface area (Å²) in [6.07, 6.45) is 0. The monoisotopic (exact) mass is 288 g/mol. The van der Waals surface area contributed by atoms with Gasteiger partial charge < -0.3 is 5.73 Å². The zero-order valence-corrected chi connectivity index (χ0v) is 12.3. The maximum absolute atomic E-state index is 4.84. The minimum Gasteiger partial charge on any atom is -0.394 e. The first-order valence-corrected chi connectivity index (χ1v) is 1.40. The normalized spacial score (nSPS) is 3.57. The Labute approximate surface area is 87.8 Å². The van der Waals surface area contributed by atoms with Crippen molar-refractivity contribution in [3.05, 3.63) is 0 Å². The van der Waals surface area contributed by atoms with Crippen LogP contribution in [0.3, 0.4) is 0 Å². The minimum absolute atomic E-state index is 0. The minimum atomic E-state index is 0. The predicted octanol–water partition coefficient (Wildman–Crippen LogP) is 0.0219. The zero-order chi connectivity index (χ0) is 3.58. The third-order valence-corrected chi connectivity index (χ3v) is 0. The summed E-state index contributed by atoms with van der Waals surface area (Å²) in [5.41, 5.74) is 4.84. The number of nitrogens with two attached hydrogens (primary N) is 1. The number of rotatable bonds is 0. The molecule has 0 aliphatic carbocycles. The van der Waals surface area contributed by atoms with Gasteiger partial charge in [-0.3, -0.25) is 0 Å². The molecule has 0 fully saturated rings. The summed E-state index contributed by atoms with van der Waals surface area (Å²) >= 11 is 4.31. The Balaban J connectivity index is -0.0000000150. The molecule has 7 heavy (non-hydrogen) atoms. The van der Waals surface area contributed by atoms with Crippen LogP contribution in [0.25, 0.3) is 0 Å². The molecule has 2 N–H and O–H groups in total. The summed E-state index contributed by atoms with van der Waals surface area (Å²) in [7, 11) is 0. The van der Waals surface area contributed by atoms with Gasteiger partial charge in [-0.2, -0.15) is 13.5 Å². The van der Waals surface area contributed by atoms with Crippen LogP contribution in [-0.4, -0.2) is 30.8 Å². The molecule has 0 saturated heterocycles. The Morgan fingerprint density at radius 3 is 1.57 bits per heavy atom. The number of thiocarbonyl (C=S) groups is 1. The van der Waals surface area contributed by atoms with Gasteiger partial charge in [-0.05, 0) is 6.92 Å². The Morgan fingerprint density at radius 2 is 1.57 bits per heavy atom. The molecule has 37 valence electrons. The molecule has 1 nitrogen and oxygen atoms in total. The predicted molar refractivity (Wildman–Crippen MR) is 38.6 cm³/mol. The molecule has 0 aliphatic rings. The van der Waals surface area contributed by atoms with Gasteiger partial charge in [-0.25, -0.2) is 0 Å². The molecule has 0 aliphatic heterocycles. The van der Waals surface area contributed by atoms with Gasteiger partial charge in [-0.15, -0.1) is 0 Å². The molecule has 0 aromatic rings. The molecule has 0 bridgehead atoms. The van der Waals surface area contributed by atoms with Crippen LogP contribution in [0, 0.1) is 0 Å². The molecule has 0 heterocycles. The van der Waals surface area contributed by atoms with Crippen molar-refractivity contribution in [3.63, 3.8) is 0 Å². The van der Waals surface area contributed by atoms with Crippen LogP contribution in [0.5, 0.6) is 0 Å². The summed E-state index contributed by atoms with van der Waals surface area (Å²) in [5.74, 6) is 0. The fourth-order valence-electron chi connectivity index (χ4n) is 0. The fraction of sp³-hybridized carbons (Fsp3) is 0.500. The third kappa shape index (κ3) is 84.6. The van der Waals surface area contributed by atoms with Crippen molar-refractivity contribution in [3.8, 4) is 0 Å². The van der Waals surface area contributed by atoms with Gasteiger partial charge in [0.1, 0.15) is 0 Å². The first-order valence-electron chi connectivity index (χ1n) is 0.993. The summed E-state index contributed by atoms with van der Waals surface area (Å²) < 4.78 is 0. The molecule has 0 unspecified atom stereocenters. The van der Waals surface area contributed by atoms with E-state index in [1.807, 2.05) is 0 Å². The van der Waals surface area contributed by atoms with E-state index in [0.717, 1.165) is 0 Å². The van der Waals surface area contributed by atoms with Crippen molar-refractivity contribution in [1.82, 2.24) is 0 Å². The van der Waals surface area contributed by atoms with Gasteiger partial charge in [0.15, 0.2) is 0 Å². The van der Waals surface area contributed by atoms with E-state index in [0.29, 0.717) is 4.99 Å². The van der Waals surface area contributed by atoms with E-state index >= 15 is 0 Å². The molecule has 0 saturated carbocycles. The Hall–Kier alpha value is 1.73. The maximum atomic E-state index is 4.84. The molecule has 0 spiro atoms. The number of hydrogen-bond donors (Lipinski definition) is 1. The van der Waals surface area contributed by atoms with Gasteiger partial charge in [-0.1, -0.05) is 12.2 Å². The van der Waals surface area contributed by atoms with Gasteiger partial charge in [0, 0.05) is 45.3 Å². The second-order valence-corrected chi connectivity index (χ2v) is 1.25. The van der Waals surface area contributed by atoms with E-state index in [4.69, 9.17) is 5.73 Å². The Kier molecular flexibility index (Phi) is 52.1. The van der Waals surface area contributed by atoms with Crippen LogP contribution in [-0.2, 0) is 19.5 Å². The molecule has 0 aromatic carbocycles. The number of hydrogen-bond acceptors (Lipinski definition) is 1. The van der Waals surface area contributed by atoms with Crippen molar-refractivity contribution < 1.29 is 19.5 Å². The largest absolute Gasteiger partial charge is 0.394 e. The van der Waals surface area contributed by atoms with E-state index in [9.17, 15) is 0 Å². The van der Waals surface area contributed by atoms with Crippen LogP contribution in [0.4, 0.5) is 0 Å². The standard InChI is InChI=1S/C2H5NS.In.H2S.Zn/c1-2(3)4;;;/h1H3,(H2,3,4);;1H2;. The average Bonchev–Trinajstić information content (AvgIpc) is 0.811. The topological polar surface area (TPSA) is 26.0 Å². The quantitative estimate of drug-likeness (QED) is 0.503. The molecule has 5 heteroatoms. The molecule has 0 aromatic heterocycles. The smallest absolute Gasteiger partial charge is 0.0695 e. The summed E-state index contributed by atoms with van der Waals surface area (Å²) in [6.45, 7) is 1.68. The van der Waals surface area contributed by atoms with Gasteiger partial charge >= 0.3 is 0 Å². The molecule has 3 radical (unpaired) electrons. The van der Waals surface area contributed by atoms with Crippen molar-refractivity contribution in [2.45, 2.75) is 6.92 Å². The SMILES string of the molecule is CC(N)=S.S.[In].[Zn]. The van der Waals surface area contributed by atoms with Crippen molar-refractivity contribution in [2.75, 3.05) is 0 Å². The van der Waals surface area contributed by atoms with E-state index in [2.05, 4.69) is 12.2 Å². The fourth-order valence-corrected chi connectivity index (χ4v) is 0. The average molecular weight is 289 g/mol. The van der Waals surface area contributed by atoms with E-state index < -0.39 is 0 Å². The van der Waals surface area contributed by atoms with Crippen LogP contribution >= 0.6 is 25.7 Å². The van der Waals surface area contributed by atoms with Crippen LogP contribution in [0.15, 0.2) is 0 Å². The molecule has 0 amide bonds. The maximum Gasteiger partial charge on any atom is 0.0695 e. The van der Waals surface area contributed by atoms with Crippen LogP contribution in [0.2, 0.25) is 0 Å². The van der Waals surface area contributed by atoms with Crippen molar-refractivity contribution >= 4 is 56.5 Å². The van der Waals surface area contributed by atoms with Gasteiger partial charge in [0.25, 0.3) is 0 Å². The third-order valence-electron chi connectivity index (χ3n) is 0.